The largest absolute Gasteiger partial charge is 0.388 e. The zero-order valence-electron chi connectivity index (χ0n) is 11.0. The molecule has 1 N–H and O–H groups in total. The summed E-state index contributed by atoms with van der Waals surface area (Å²) in [6, 6.07) is 14.1. The van der Waals surface area contributed by atoms with Gasteiger partial charge in [0.05, 0.1) is 11.0 Å². The van der Waals surface area contributed by atoms with Crippen LogP contribution in [0.15, 0.2) is 57.9 Å². The number of aliphatic hydroxyl groups is 1. The third-order valence-corrected chi connectivity index (χ3v) is 4.69. The van der Waals surface area contributed by atoms with Crippen LogP contribution in [0.3, 0.4) is 0 Å². The Kier molecular flexibility index (Phi) is 4.62. The molecule has 2 rings (SSSR count). The van der Waals surface area contributed by atoms with E-state index in [1.165, 1.54) is 18.4 Å². The maximum absolute atomic E-state index is 11.4. The summed E-state index contributed by atoms with van der Waals surface area (Å²) >= 11 is 3.36. The van der Waals surface area contributed by atoms with Gasteiger partial charge in [-0.25, -0.2) is 8.42 Å². The molecule has 2 aromatic rings. The van der Waals surface area contributed by atoms with E-state index in [0.717, 1.165) is 10.0 Å². The lowest BCUT2D eigenvalue weighted by molar-refractivity contribution is 0.178. The van der Waals surface area contributed by atoms with Gasteiger partial charge in [-0.05, 0) is 35.4 Å². The van der Waals surface area contributed by atoms with Gasteiger partial charge >= 0.3 is 0 Å². The normalized spacial score (nSPS) is 13.2. The molecule has 0 saturated heterocycles. The molecule has 20 heavy (non-hydrogen) atoms. The number of halogens is 1. The zero-order chi connectivity index (χ0) is 14.8. The molecule has 0 fully saturated rings. The van der Waals surface area contributed by atoms with Crippen LogP contribution in [0.25, 0.3) is 0 Å². The molecule has 0 spiro atoms. The number of aliphatic hydroxyl groups excluding tert-OH is 1. The Balaban J connectivity index is 2.13. The first kappa shape index (κ1) is 15.2. The lowest BCUT2D eigenvalue weighted by Gasteiger charge is -2.11. The summed E-state index contributed by atoms with van der Waals surface area (Å²) in [6.45, 7) is 0. The van der Waals surface area contributed by atoms with Gasteiger partial charge in [0.15, 0.2) is 9.84 Å². The molecule has 2 aromatic carbocycles. The van der Waals surface area contributed by atoms with Crippen LogP contribution >= 0.6 is 15.9 Å². The van der Waals surface area contributed by atoms with E-state index in [1.54, 1.807) is 12.1 Å². The van der Waals surface area contributed by atoms with Crippen molar-refractivity contribution in [3.63, 3.8) is 0 Å². The van der Waals surface area contributed by atoms with E-state index in [4.69, 9.17) is 0 Å². The second-order valence-corrected chi connectivity index (χ2v) is 7.62. The number of rotatable bonds is 4. The van der Waals surface area contributed by atoms with Crippen LogP contribution in [0.5, 0.6) is 0 Å². The van der Waals surface area contributed by atoms with Gasteiger partial charge < -0.3 is 5.11 Å². The van der Waals surface area contributed by atoms with E-state index < -0.39 is 15.9 Å². The minimum atomic E-state index is -3.20. The highest BCUT2D eigenvalue weighted by Gasteiger charge is 2.11. The molecule has 5 heteroatoms. The number of hydrogen-bond donors (Lipinski definition) is 1. The van der Waals surface area contributed by atoms with Gasteiger partial charge in [0.1, 0.15) is 0 Å². The highest BCUT2D eigenvalue weighted by Crippen LogP contribution is 2.21. The van der Waals surface area contributed by atoms with Crippen molar-refractivity contribution in [2.75, 3.05) is 6.26 Å². The molecule has 1 unspecified atom stereocenters. The minimum absolute atomic E-state index is 0.261. The maximum atomic E-state index is 11.4. The first-order valence-electron chi connectivity index (χ1n) is 6.09. The van der Waals surface area contributed by atoms with Crippen LogP contribution in [0, 0.1) is 0 Å². The monoisotopic (exact) mass is 354 g/mol. The average Bonchev–Trinajstić information content (AvgIpc) is 2.40. The van der Waals surface area contributed by atoms with Gasteiger partial charge in [0.25, 0.3) is 0 Å². The molecule has 0 aliphatic carbocycles. The summed E-state index contributed by atoms with van der Waals surface area (Å²) in [5, 5.41) is 10.2. The lowest BCUT2D eigenvalue weighted by Crippen LogP contribution is -2.03. The van der Waals surface area contributed by atoms with Crippen LogP contribution in [0.4, 0.5) is 0 Å². The second kappa shape index (κ2) is 6.08. The Bertz CT molecular complexity index is 676. The Labute approximate surface area is 127 Å². The first-order valence-corrected chi connectivity index (χ1v) is 8.77. The fourth-order valence-corrected chi connectivity index (χ4v) is 2.79. The molecule has 0 amide bonds. The van der Waals surface area contributed by atoms with E-state index in [-0.39, 0.29) is 4.90 Å². The molecule has 0 aliphatic rings. The fourth-order valence-electron chi connectivity index (χ4n) is 1.90. The van der Waals surface area contributed by atoms with E-state index in [9.17, 15) is 13.5 Å². The lowest BCUT2D eigenvalue weighted by atomic mass is 10.0. The van der Waals surface area contributed by atoms with Crippen molar-refractivity contribution < 1.29 is 13.5 Å². The van der Waals surface area contributed by atoms with Crippen LogP contribution in [0.1, 0.15) is 17.2 Å². The van der Waals surface area contributed by atoms with Gasteiger partial charge in [-0.1, -0.05) is 40.2 Å². The molecule has 0 bridgehead atoms. The first-order chi connectivity index (χ1) is 9.36. The predicted molar refractivity (Wildman–Crippen MR) is 82.4 cm³/mol. The molecule has 0 heterocycles. The quantitative estimate of drug-likeness (QED) is 0.917. The third kappa shape index (κ3) is 3.91. The van der Waals surface area contributed by atoms with Crippen LogP contribution in [-0.4, -0.2) is 19.8 Å². The summed E-state index contributed by atoms with van der Waals surface area (Å²) < 4.78 is 23.7. The maximum Gasteiger partial charge on any atom is 0.175 e. The van der Waals surface area contributed by atoms with Crippen molar-refractivity contribution >= 4 is 25.8 Å². The molecule has 106 valence electrons. The number of hydrogen-bond acceptors (Lipinski definition) is 3. The summed E-state index contributed by atoms with van der Waals surface area (Å²) in [5.41, 5.74) is 1.73. The van der Waals surface area contributed by atoms with Gasteiger partial charge in [-0.15, -0.1) is 0 Å². The van der Waals surface area contributed by atoms with Crippen molar-refractivity contribution in [2.24, 2.45) is 0 Å². The highest BCUT2D eigenvalue weighted by molar-refractivity contribution is 9.10. The fraction of sp³-hybridized carbons (Fsp3) is 0.200. The van der Waals surface area contributed by atoms with Crippen molar-refractivity contribution in [1.29, 1.82) is 0 Å². The third-order valence-electron chi connectivity index (χ3n) is 3.04. The summed E-state index contributed by atoms with van der Waals surface area (Å²) in [4.78, 5) is 0.261. The van der Waals surface area contributed by atoms with Crippen molar-refractivity contribution in [3.05, 3.63) is 64.1 Å². The second-order valence-electron chi connectivity index (χ2n) is 4.69. The molecule has 0 radical (unpaired) electrons. The van der Waals surface area contributed by atoms with Gasteiger partial charge in [0, 0.05) is 17.1 Å². The topological polar surface area (TPSA) is 54.4 Å². The Hall–Kier alpha value is -1.17. The molecule has 0 aromatic heterocycles. The molecule has 0 aliphatic heterocycles. The molecular formula is C15H15BrO3S. The van der Waals surface area contributed by atoms with Crippen molar-refractivity contribution in [1.82, 2.24) is 0 Å². The smallest absolute Gasteiger partial charge is 0.175 e. The highest BCUT2D eigenvalue weighted by atomic mass is 79.9. The summed E-state index contributed by atoms with van der Waals surface area (Å²) in [5.74, 6) is 0. The van der Waals surface area contributed by atoms with Crippen LogP contribution < -0.4 is 0 Å². The van der Waals surface area contributed by atoms with E-state index in [1.807, 2.05) is 24.3 Å². The van der Waals surface area contributed by atoms with E-state index in [0.29, 0.717) is 12.0 Å². The molecule has 1 atom stereocenters. The Morgan fingerprint density at radius 1 is 1.05 bits per heavy atom. The molecule has 3 nitrogen and oxygen atoms in total. The van der Waals surface area contributed by atoms with E-state index >= 15 is 0 Å². The van der Waals surface area contributed by atoms with Crippen LogP contribution in [0.2, 0.25) is 0 Å². The number of sulfone groups is 1. The molecular weight excluding hydrogens is 340 g/mol. The van der Waals surface area contributed by atoms with E-state index in [2.05, 4.69) is 15.9 Å². The van der Waals surface area contributed by atoms with Gasteiger partial charge in [0.2, 0.25) is 0 Å². The number of benzene rings is 2. The Morgan fingerprint density at radius 2 is 1.60 bits per heavy atom. The predicted octanol–water partition coefficient (Wildman–Crippen LogP) is 3.13. The van der Waals surface area contributed by atoms with Gasteiger partial charge in [-0.2, -0.15) is 0 Å². The van der Waals surface area contributed by atoms with Crippen molar-refractivity contribution in [2.45, 2.75) is 17.4 Å². The van der Waals surface area contributed by atoms with Crippen molar-refractivity contribution in [3.8, 4) is 0 Å². The summed E-state index contributed by atoms with van der Waals surface area (Å²) in [6.07, 6.45) is 1.01. The SMILES string of the molecule is CS(=O)(=O)c1ccc(C(O)Cc2ccc(Br)cc2)cc1. The molecule has 0 saturated carbocycles. The average molecular weight is 355 g/mol. The van der Waals surface area contributed by atoms with Crippen LogP contribution in [-0.2, 0) is 16.3 Å². The Morgan fingerprint density at radius 3 is 2.10 bits per heavy atom. The summed E-state index contributed by atoms with van der Waals surface area (Å²) in [7, 11) is -3.20. The minimum Gasteiger partial charge on any atom is -0.388 e. The van der Waals surface area contributed by atoms with Gasteiger partial charge in [-0.3, -0.25) is 0 Å². The zero-order valence-corrected chi connectivity index (χ0v) is 13.4. The standard InChI is InChI=1S/C15H15BrO3S/c1-20(18,19)14-8-4-12(5-9-14)15(17)10-11-2-6-13(16)7-3-11/h2-9,15,17H,10H2,1H3.